The van der Waals surface area contributed by atoms with Crippen molar-refractivity contribution in [1.82, 2.24) is 10.6 Å². The maximum Gasteiger partial charge on any atom is 0.166 e. The summed E-state index contributed by atoms with van der Waals surface area (Å²) in [5, 5.41) is 7.65. The minimum absolute atomic E-state index is 0.537. The number of rotatable bonds is 4. The highest BCUT2D eigenvalue weighted by Gasteiger charge is 2.27. The molecule has 1 fully saturated rings. The van der Waals surface area contributed by atoms with Crippen LogP contribution in [0.25, 0.3) is 0 Å². The maximum atomic E-state index is 5.42. The Morgan fingerprint density at radius 3 is 2.70 bits per heavy atom. The quantitative estimate of drug-likeness (QED) is 0.830. The summed E-state index contributed by atoms with van der Waals surface area (Å²) >= 11 is 5.42. The molecule has 1 aromatic rings. The Bertz CT molecular complexity index is 418. The fraction of sp³-hybridized carbons (Fsp3) is 0.588. The van der Waals surface area contributed by atoms with E-state index in [0.29, 0.717) is 12.0 Å². The van der Waals surface area contributed by atoms with Crippen molar-refractivity contribution in [2.75, 3.05) is 6.54 Å². The van der Waals surface area contributed by atoms with E-state index in [-0.39, 0.29) is 0 Å². The molecule has 1 aliphatic carbocycles. The van der Waals surface area contributed by atoms with Crippen LogP contribution in [0.15, 0.2) is 30.3 Å². The van der Waals surface area contributed by atoms with E-state index in [1.54, 1.807) is 0 Å². The van der Waals surface area contributed by atoms with Crippen molar-refractivity contribution in [1.29, 1.82) is 0 Å². The van der Waals surface area contributed by atoms with Crippen LogP contribution in [-0.4, -0.2) is 17.7 Å². The lowest BCUT2D eigenvalue weighted by molar-refractivity contribution is 0.224. The summed E-state index contributed by atoms with van der Waals surface area (Å²) in [5.41, 5.74) is 1.35. The second-order valence-electron chi connectivity index (χ2n) is 6.01. The molecule has 2 N–H and O–H groups in total. The number of hydrogen-bond donors (Lipinski definition) is 2. The van der Waals surface area contributed by atoms with Gasteiger partial charge in [-0.2, -0.15) is 0 Å². The normalized spacial score (nSPS) is 26.0. The van der Waals surface area contributed by atoms with Gasteiger partial charge in [0.25, 0.3) is 0 Å². The average molecular weight is 290 g/mol. The van der Waals surface area contributed by atoms with Crippen LogP contribution < -0.4 is 10.6 Å². The molecule has 1 aromatic carbocycles. The fourth-order valence-corrected chi connectivity index (χ4v) is 3.22. The van der Waals surface area contributed by atoms with Crippen molar-refractivity contribution >= 4 is 17.3 Å². The van der Waals surface area contributed by atoms with E-state index in [0.717, 1.165) is 24.0 Å². The molecule has 2 nitrogen and oxygen atoms in total. The Balaban J connectivity index is 1.70. The maximum absolute atomic E-state index is 5.42. The summed E-state index contributed by atoms with van der Waals surface area (Å²) in [5.74, 6) is 1.51. The van der Waals surface area contributed by atoms with Crippen LogP contribution >= 0.6 is 12.2 Å². The summed E-state index contributed by atoms with van der Waals surface area (Å²) < 4.78 is 0. The zero-order chi connectivity index (χ0) is 14.4. The lowest BCUT2D eigenvalue weighted by atomic mass is 9.78. The molecule has 3 atom stereocenters. The third-order valence-corrected chi connectivity index (χ3v) is 4.83. The van der Waals surface area contributed by atoms with Crippen molar-refractivity contribution in [2.24, 2.45) is 11.8 Å². The van der Waals surface area contributed by atoms with Gasteiger partial charge in [0.2, 0.25) is 0 Å². The van der Waals surface area contributed by atoms with E-state index in [1.807, 2.05) is 0 Å². The molecule has 20 heavy (non-hydrogen) atoms. The molecule has 0 heterocycles. The Morgan fingerprint density at radius 1 is 1.20 bits per heavy atom. The molecule has 2 rings (SSSR count). The minimum Gasteiger partial charge on any atom is -0.362 e. The smallest absolute Gasteiger partial charge is 0.166 e. The third-order valence-electron chi connectivity index (χ3n) is 4.57. The summed E-state index contributed by atoms with van der Waals surface area (Å²) in [6, 6.07) is 11.1. The van der Waals surface area contributed by atoms with Crippen LogP contribution in [0.5, 0.6) is 0 Å². The molecule has 0 amide bonds. The van der Waals surface area contributed by atoms with Gasteiger partial charge < -0.3 is 10.6 Å². The first-order chi connectivity index (χ1) is 9.66. The number of benzene rings is 1. The van der Waals surface area contributed by atoms with Gasteiger partial charge in [-0.15, -0.1) is 0 Å². The molecule has 0 aliphatic heterocycles. The lowest BCUT2D eigenvalue weighted by Crippen LogP contribution is -2.48. The van der Waals surface area contributed by atoms with E-state index < -0.39 is 0 Å². The topological polar surface area (TPSA) is 24.1 Å². The van der Waals surface area contributed by atoms with Crippen LogP contribution in [0.4, 0.5) is 0 Å². The van der Waals surface area contributed by atoms with Gasteiger partial charge in [0.15, 0.2) is 5.11 Å². The van der Waals surface area contributed by atoms with E-state index in [2.05, 4.69) is 54.8 Å². The highest BCUT2D eigenvalue weighted by molar-refractivity contribution is 7.80. The molecule has 0 bridgehead atoms. The molecule has 0 radical (unpaired) electrons. The number of nitrogens with one attached hydrogen (secondary N) is 2. The first kappa shape index (κ1) is 15.3. The van der Waals surface area contributed by atoms with Crippen molar-refractivity contribution in [3.8, 4) is 0 Å². The van der Waals surface area contributed by atoms with Gasteiger partial charge >= 0.3 is 0 Å². The van der Waals surface area contributed by atoms with Crippen LogP contribution in [0, 0.1) is 11.8 Å². The first-order valence-corrected chi connectivity index (χ1v) is 8.16. The van der Waals surface area contributed by atoms with E-state index >= 15 is 0 Å². The predicted molar refractivity (Wildman–Crippen MR) is 89.8 cm³/mol. The van der Waals surface area contributed by atoms with E-state index in [4.69, 9.17) is 12.2 Å². The van der Waals surface area contributed by atoms with Crippen molar-refractivity contribution in [3.05, 3.63) is 35.9 Å². The molecule has 0 unspecified atom stereocenters. The molecule has 1 aliphatic rings. The van der Waals surface area contributed by atoms with Gasteiger partial charge in [-0.3, -0.25) is 0 Å². The molecule has 0 spiro atoms. The van der Waals surface area contributed by atoms with Gasteiger partial charge in [-0.05, 0) is 42.5 Å². The first-order valence-electron chi connectivity index (χ1n) is 7.75. The van der Waals surface area contributed by atoms with Crippen LogP contribution in [-0.2, 0) is 6.42 Å². The zero-order valence-electron chi connectivity index (χ0n) is 12.6. The van der Waals surface area contributed by atoms with E-state index in [1.165, 1.54) is 24.8 Å². The minimum atomic E-state index is 0.537. The zero-order valence-corrected chi connectivity index (χ0v) is 13.4. The molecule has 110 valence electrons. The molecule has 3 heteroatoms. The van der Waals surface area contributed by atoms with Gasteiger partial charge in [0.05, 0.1) is 0 Å². The van der Waals surface area contributed by atoms with Gasteiger partial charge in [-0.1, -0.05) is 57.0 Å². The van der Waals surface area contributed by atoms with Crippen LogP contribution in [0.2, 0.25) is 0 Å². The fourth-order valence-electron chi connectivity index (χ4n) is 2.97. The summed E-state index contributed by atoms with van der Waals surface area (Å²) in [7, 11) is 0. The van der Waals surface area contributed by atoms with Crippen molar-refractivity contribution < 1.29 is 0 Å². The average Bonchev–Trinajstić information content (AvgIpc) is 2.45. The standard InChI is InChI=1S/C17H26N2S/c1-13-7-6-10-16(14(13)2)19-17(20)18-12-11-15-8-4-3-5-9-15/h3-5,8-9,13-14,16H,6-7,10-12H2,1-2H3,(H2,18,19,20)/t13-,14+,16-/m0/s1. The Morgan fingerprint density at radius 2 is 1.95 bits per heavy atom. The number of hydrogen-bond acceptors (Lipinski definition) is 1. The predicted octanol–water partition coefficient (Wildman–Crippen LogP) is 3.52. The second kappa shape index (κ2) is 7.63. The molecule has 0 saturated heterocycles. The summed E-state index contributed by atoms with van der Waals surface area (Å²) in [6.45, 7) is 5.59. The van der Waals surface area contributed by atoms with Gasteiger partial charge in [0.1, 0.15) is 0 Å². The van der Waals surface area contributed by atoms with E-state index in [9.17, 15) is 0 Å². The second-order valence-corrected chi connectivity index (χ2v) is 6.42. The Kier molecular flexibility index (Phi) is 5.84. The van der Waals surface area contributed by atoms with Crippen LogP contribution in [0.3, 0.4) is 0 Å². The van der Waals surface area contributed by atoms with Gasteiger partial charge in [-0.25, -0.2) is 0 Å². The van der Waals surface area contributed by atoms with Crippen molar-refractivity contribution in [2.45, 2.75) is 45.6 Å². The lowest BCUT2D eigenvalue weighted by Gasteiger charge is -2.35. The highest BCUT2D eigenvalue weighted by Crippen LogP contribution is 2.29. The SMILES string of the molecule is C[C@H]1[C@@H](NC(=S)NCCc2ccccc2)CCC[C@@H]1C. The Hall–Kier alpha value is -1.09. The largest absolute Gasteiger partial charge is 0.362 e. The third kappa shape index (κ3) is 4.48. The molecular weight excluding hydrogens is 264 g/mol. The van der Waals surface area contributed by atoms with Crippen molar-refractivity contribution in [3.63, 3.8) is 0 Å². The summed E-state index contributed by atoms with van der Waals surface area (Å²) in [4.78, 5) is 0. The molecule has 0 aromatic heterocycles. The molecular formula is C17H26N2S. The monoisotopic (exact) mass is 290 g/mol. The number of thiocarbonyl (C=S) groups is 1. The summed E-state index contributed by atoms with van der Waals surface area (Å²) in [6.07, 6.45) is 4.93. The molecule has 1 saturated carbocycles. The highest BCUT2D eigenvalue weighted by atomic mass is 32.1. The van der Waals surface area contributed by atoms with Crippen LogP contribution in [0.1, 0.15) is 38.7 Å². The Labute approximate surface area is 128 Å². The van der Waals surface area contributed by atoms with Gasteiger partial charge in [0, 0.05) is 12.6 Å².